The van der Waals surface area contributed by atoms with Crippen LogP contribution >= 0.6 is 0 Å². The van der Waals surface area contributed by atoms with Crippen LogP contribution < -0.4 is 5.32 Å². The fraction of sp³-hybridized carbons (Fsp3) is 0.385. The van der Waals surface area contributed by atoms with Crippen LogP contribution in [0.15, 0.2) is 30.6 Å². The smallest absolute Gasteiger partial charge is 0.141 e. The van der Waals surface area contributed by atoms with E-state index in [1.54, 1.807) is 6.33 Å². The highest BCUT2D eigenvalue weighted by Gasteiger charge is 2.23. The minimum absolute atomic E-state index is 0.202. The first-order chi connectivity index (χ1) is 8.34. The number of aryl methyl sites for hydroxylation is 1. The zero-order valence-corrected chi connectivity index (χ0v) is 9.85. The summed E-state index contributed by atoms with van der Waals surface area (Å²) in [7, 11) is 0. The third kappa shape index (κ3) is 1.96. The van der Waals surface area contributed by atoms with Crippen LogP contribution in [-0.4, -0.2) is 15.2 Å². The number of nitrogens with one attached hydrogen (secondary N) is 2. The van der Waals surface area contributed by atoms with Gasteiger partial charge in [-0.3, -0.25) is 5.10 Å². The van der Waals surface area contributed by atoms with Crippen molar-refractivity contribution in [1.29, 1.82) is 0 Å². The highest BCUT2D eigenvalue weighted by Crippen LogP contribution is 2.32. The molecule has 0 saturated carbocycles. The van der Waals surface area contributed by atoms with E-state index in [1.165, 1.54) is 11.1 Å². The molecule has 3 rings (SSSR count). The summed E-state index contributed by atoms with van der Waals surface area (Å²) in [5.74, 6) is 0.898. The average Bonchev–Trinajstić information content (AvgIpc) is 2.98. The van der Waals surface area contributed by atoms with E-state index in [0.717, 1.165) is 18.7 Å². The van der Waals surface area contributed by atoms with Gasteiger partial charge in [0.15, 0.2) is 0 Å². The normalized spacial score (nSPS) is 20.2. The Labute approximate surface area is 100 Å². The Bertz CT molecular complexity index is 492. The van der Waals surface area contributed by atoms with Gasteiger partial charge in [-0.1, -0.05) is 24.3 Å². The SMILES string of the molecule is CC(NC1CCc2ccccc21)c1ncn[nH]1. The second kappa shape index (κ2) is 4.30. The van der Waals surface area contributed by atoms with Gasteiger partial charge in [-0.05, 0) is 30.9 Å². The van der Waals surface area contributed by atoms with Crippen molar-refractivity contribution in [2.45, 2.75) is 31.8 Å². The molecule has 1 heterocycles. The molecule has 0 fully saturated rings. The van der Waals surface area contributed by atoms with Crippen molar-refractivity contribution < 1.29 is 0 Å². The molecule has 0 spiro atoms. The van der Waals surface area contributed by atoms with Gasteiger partial charge in [-0.2, -0.15) is 5.10 Å². The maximum absolute atomic E-state index is 4.19. The average molecular weight is 228 g/mol. The molecule has 0 radical (unpaired) electrons. The fourth-order valence-electron chi connectivity index (χ4n) is 2.53. The molecule has 1 aromatic heterocycles. The molecule has 0 aliphatic heterocycles. The molecular formula is C13H16N4. The van der Waals surface area contributed by atoms with E-state index >= 15 is 0 Å². The molecule has 4 heteroatoms. The lowest BCUT2D eigenvalue weighted by atomic mass is 10.1. The van der Waals surface area contributed by atoms with Gasteiger partial charge in [0.05, 0.1) is 6.04 Å². The van der Waals surface area contributed by atoms with Gasteiger partial charge in [0, 0.05) is 6.04 Å². The van der Waals surface area contributed by atoms with Crippen molar-refractivity contribution in [1.82, 2.24) is 20.5 Å². The summed E-state index contributed by atoms with van der Waals surface area (Å²) in [6.07, 6.45) is 3.88. The molecule has 2 unspecified atom stereocenters. The van der Waals surface area contributed by atoms with Gasteiger partial charge in [0.1, 0.15) is 12.2 Å². The topological polar surface area (TPSA) is 53.6 Å². The molecule has 17 heavy (non-hydrogen) atoms. The maximum Gasteiger partial charge on any atom is 0.141 e. The number of fused-ring (bicyclic) bond motifs is 1. The van der Waals surface area contributed by atoms with Crippen LogP contribution in [0.25, 0.3) is 0 Å². The third-order valence-corrected chi connectivity index (χ3v) is 3.43. The summed E-state index contributed by atoms with van der Waals surface area (Å²) in [5, 5.41) is 10.4. The van der Waals surface area contributed by atoms with Crippen LogP contribution in [-0.2, 0) is 6.42 Å². The minimum atomic E-state index is 0.202. The Kier molecular flexibility index (Phi) is 2.65. The second-order valence-electron chi connectivity index (χ2n) is 4.55. The van der Waals surface area contributed by atoms with Gasteiger partial charge in [-0.15, -0.1) is 0 Å². The Morgan fingerprint density at radius 3 is 3.12 bits per heavy atom. The lowest BCUT2D eigenvalue weighted by Gasteiger charge is -2.18. The van der Waals surface area contributed by atoms with Gasteiger partial charge >= 0.3 is 0 Å². The number of aromatic nitrogens is 3. The Morgan fingerprint density at radius 1 is 1.41 bits per heavy atom. The van der Waals surface area contributed by atoms with E-state index in [2.05, 4.69) is 51.7 Å². The zero-order valence-electron chi connectivity index (χ0n) is 9.85. The number of hydrogen-bond acceptors (Lipinski definition) is 3. The van der Waals surface area contributed by atoms with Gasteiger partial charge in [0.25, 0.3) is 0 Å². The molecule has 0 amide bonds. The van der Waals surface area contributed by atoms with Gasteiger partial charge < -0.3 is 5.32 Å². The quantitative estimate of drug-likeness (QED) is 0.846. The lowest BCUT2D eigenvalue weighted by molar-refractivity contribution is 0.451. The highest BCUT2D eigenvalue weighted by atomic mass is 15.2. The number of hydrogen-bond donors (Lipinski definition) is 2. The van der Waals surface area contributed by atoms with Crippen molar-refractivity contribution in [2.24, 2.45) is 0 Å². The summed E-state index contributed by atoms with van der Waals surface area (Å²) in [5.41, 5.74) is 2.90. The standard InChI is InChI=1S/C13H16N4/c1-9(13-14-8-15-17-13)16-12-7-6-10-4-2-3-5-11(10)12/h2-5,8-9,12,16H,6-7H2,1H3,(H,14,15,17). The van der Waals surface area contributed by atoms with Crippen LogP contribution in [0.3, 0.4) is 0 Å². The van der Waals surface area contributed by atoms with Crippen LogP contribution in [0, 0.1) is 0 Å². The highest BCUT2D eigenvalue weighted by molar-refractivity contribution is 5.34. The molecule has 2 atom stereocenters. The third-order valence-electron chi connectivity index (χ3n) is 3.43. The Hall–Kier alpha value is -1.68. The van der Waals surface area contributed by atoms with E-state index < -0.39 is 0 Å². The summed E-state index contributed by atoms with van der Waals surface area (Å²) >= 11 is 0. The predicted molar refractivity (Wildman–Crippen MR) is 65.4 cm³/mol. The first-order valence-electron chi connectivity index (χ1n) is 6.03. The van der Waals surface area contributed by atoms with Crippen molar-refractivity contribution in [2.75, 3.05) is 0 Å². The second-order valence-corrected chi connectivity index (χ2v) is 4.55. The summed E-state index contributed by atoms with van der Waals surface area (Å²) < 4.78 is 0. The fourth-order valence-corrected chi connectivity index (χ4v) is 2.53. The van der Waals surface area contributed by atoms with E-state index in [4.69, 9.17) is 0 Å². The molecule has 1 aliphatic rings. The number of rotatable bonds is 3. The first-order valence-corrected chi connectivity index (χ1v) is 6.03. The zero-order chi connectivity index (χ0) is 11.7. The van der Waals surface area contributed by atoms with Gasteiger partial charge in [-0.25, -0.2) is 4.98 Å². The molecule has 2 aromatic rings. The maximum atomic E-state index is 4.19. The largest absolute Gasteiger partial charge is 0.301 e. The molecule has 4 nitrogen and oxygen atoms in total. The van der Waals surface area contributed by atoms with Gasteiger partial charge in [0.2, 0.25) is 0 Å². The molecule has 88 valence electrons. The number of nitrogens with zero attached hydrogens (tertiary/aromatic N) is 2. The van der Waals surface area contributed by atoms with E-state index in [9.17, 15) is 0 Å². The van der Waals surface area contributed by atoms with E-state index in [1.807, 2.05) is 0 Å². The minimum Gasteiger partial charge on any atom is -0.301 e. The monoisotopic (exact) mass is 228 g/mol. The summed E-state index contributed by atoms with van der Waals surface area (Å²) in [4.78, 5) is 4.19. The first kappa shape index (κ1) is 10.5. The molecule has 1 aliphatic carbocycles. The summed E-state index contributed by atoms with van der Waals surface area (Å²) in [6.45, 7) is 2.11. The van der Waals surface area contributed by atoms with E-state index in [-0.39, 0.29) is 6.04 Å². The van der Waals surface area contributed by atoms with Crippen LogP contribution in [0.2, 0.25) is 0 Å². The molecule has 0 bridgehead atoms. The van der Waals surface area contributed by atoms with E-state index in [0.29, 0.717) is 6.04 Å². The Balaban J connectivity index is 1.75. The number of aromatic amines is 1. The molecular weight excluding hydrogens is 212 g/mol. The van der Waals surface area contributed by atoms with Crippen LogP contribution in [0.1, 0.15) is 42.4 Å². The van der Waals surface area contributed by atoms with Crippen LogP contribution in [0.4, 0.5) is 0 Å². The molecule has 2 N–H and O–H groups in total. The van der Waals surface area contributed by atoms with Crippen LogP contribution in [0.5, 0.6) is 0 Å². The molecule has 0 saturated heterocycles. The van der Waals surface area contributed by atoms with Crippen molar-refractivity contribution >= 4 is 0 Å². The Morgan fingerprint density at radius 2 is 2.29 bits per heavy atom. The van der Waals surface area contributed by atoms with Crippen molar-refractivity contribution in [3.63, 3.8) is 0 Å². The predicted octanol–water partition coefficient (Wildman–Crippen LogP) is 2.14. The number of benzene rings is 1. The molecule has 1 aromatic carbocycles. The van der Waals surface area contributed by atoms with Crippen molar-refractivity contribution in [3.05, 3.63) is 47.5 Å². The lowest BCUT2D eigenvalue weighted by Crippen LogP contribution is -2.23. The summed E-state index contributed by atoms with van der Waals surface area (Å²) in [6, 6.07) is 9.29. The van der Waals surface area contributed by atoms with Crippen molar-refractivity contribution in [3.8, 4) is 0 Å². The number of H-pyrrole nitrogens is 1.